The number of carbonyl (C=O) groups is 2. The van der Waals surface area contributed by atoms with Gasteiger partial charge in [0.1, 0.15) is 0 Å². The van der Waals surface area contributed by atoms with Crippen LogP contribution in [0.25, 0.3) is 0 Å². The highest BCUT2D eigenvalue weighted by Crippen LogP contribution is 2.41. The van der Waals surface area contributed by atoms with E-state index in [0.29, 0.717) is 23.6 Å². The van der Waals surface area contributed by atoms with Gasteiger partial charge in [-0.1, -0.05) is 41.4 Å². The summed E-state index contributed by atoms with van der Waals surface area (Å²) < 4.78 is 0. The first-order valence-corrected chi connectivity index (χ1v) is 6.83. The van der Waals surface area contributed by atoms with Crippen molar-refractivity contribution in [3.63, 3.8) is 0 Å². The van der Waals surface area contributed by atoms with Crippen molar-refractivity contribution >= 4 is 40.7 Å². The second-order valence-electron chi connectivity index (χ2n) is 4.74. The average Bonchev–Trinajstić information content (AvgIpc) is 2.67. The predicted molar refractivity (Wildman–Crippen MR) is 74.3 cm³/mol. The van der Waals surface area contributed by atoms with Crippen LogP contribution in [0.1, 0.15) is 12.8 Å². The topological polar surface area (TPSA) is 37.4 Å². The summed E-state index contributed by atoms with van der Waals surface area (Å²) in [6.45, 7) is 0. The minimum atomic E-state index is -0.257. The van der Waals surface area contributed by atoms with Gasteiger partial charge in [-0.2, -0.15) is 0 Å². The molecule has 5 heteroatoms. The molecule has 2 unspecified atom stereocenters. The Kier molecular flexibility index (Phi) is 3.11. The molecule has 2 aliphatic rings. The van der Waals surface area contributed by atoms with E-state index in [1.54, 1.807) is 18.2 Å². The number of imide groups is 1. The van der Waals surface area contributed by atoms with Crippen molar-refractivity contribution in [3.8, 4) is 0 Å². The fourth-order valence-corrected chi connectivity index (χ4v) is 3.08. The van der Waals surface area contributed by atoms with Gasteiger partial charge in [-0.05, 0) is 25.0 Å². The molecule has 0 spiro atoms. The summed E-state index contributed by atoms with van der Waals surface area (Å²) in [5.74, 6) is -0.868. The number of amides is 2. The number of fused-ring (bicyclic) bond motifs is 1. The lowest BCUT2D eigenvalue weighted by atomic mass is 9.85. The summed E-state index contributed by atoms with van der Waals surface area (Å²) >= 11 is 12.1. The van der Waals surface area contributed by atoms with Crippen LogP contribution < -0.4 is 4.90 Å². The number of hydrogen-bond acceptors (Lipinski definition) is 2. The molecule has 1 aliphatic heterocycles. The highest BCUT2D eigenvalue weighted by Gasteiger charge is 2.48. The number of nitrogens with zero attached hydrogens (tertiary/aromatic N) is 1. The van der Waals surface area contributed by atoms with E-state index >= 15 is 0 Å². The van der Waals surface area contributed by atoms with Crippen molar-refractivity contribution in [1.82, 2.24) is 0 Å². The SMILES string of the molecule is O=C1C2CC=CCC2C(=O)N1c1cccc(Cl)c1Cl. The minimum Gasteiger partial charge on any atom is -0.274 e. The molecule has 3 nitrogen and oxygen atoms in total. The first-order valence-electron chi connectivity index (χ1n) is 6.08. The molecule has 1 saturated heterocycles. The summed E-state index contributed by atoms with van der Waals surface area (Å²) in [6.07, 6.45) is 5.14. The monoisotopic (exact) mass is 295 g/mol. The van der Waals surface area contributed by atoms with Crippen molar-refractivity contribution in [1.29, 1.82) is 0 Å². The zero-order valence-electron chi connectivity index (χ0n) is 9.98. The van der Waals surface area contributed by atoms with E-state index in [1.807, 2.05) is 12.2 Å². The Morgan fingerprint density at radius 1 is 1.00 bits per heavy atom. The molecule has 0 saturated carbocycles. The Hall–Kier alpha value is -1.32. The van der Waals surface area contributed by atoms with Crippen LogP contribution >= 0.6 is 23.2 Å². The van der Waals surface area contributed by atoms with E-state index < -0.39 is 0 Å². The fourth-order valence-electron chi connectivity index (χ4n) is 2.70. The molecular formula is C14H11Cl2NO2. The zero-order chi connectivity index (χ0) is 13.6. The maximum atomic E-state index is 12.4. The maximum Gasteiger partial charge on any atom is 0.238 e. The molecule has 0 radical (unpaired) electrons. The molecule has 0 aromatic heterocycles. The second-order valence-corrected chi connectivity index (χ2v) is 5.53. The van der Waals surface area contributed by atoms with Gasteiger partial charge in [-0.15, -0.1) is 0 Å². The van der Waals surface area contributed by atoms with Crippen LogP contribution in [-0.4, -0.2) is 11.8 Å². The first-order chi connectivity index (χ1) is 9.11. The van der Waals surface area contributed by atoms with Crippen LogP contribution in [0.3, 0.4) is 0 Å². The third-order valence-corrected chi connectivity index (χ3v) is 4.49. The Labute approximate surface area is 120 Å². The van der Waals surface area contributed by atoms with Gasteiger partial charge in [0.25, 0.3) is 0 Å². The number of allylic oxidation sites excluding steroid dienone is 2. The average molecular weight is 296 g/mol. The third-order valence-electron chi connectivity index (χ3n) is 3.68. The van der Waals surface area contributed by atoms with Crippen molar-refractivity contribution in [2.75, 3.05) is 4.90 Å². The minimum absolute atomic E-state index is 0.177. The smallest absolute Gasteiger partial charge is 0.238 e. The van der Waals surface area contributed by atoms with Gasteiger partial charge in [0.15, 0.2) is 0 Å². The lowest BCUT2D eigenvalue weighted by Gasteiger charge is -2.16. The van der Waals surface area contributed by atoms with E-state index in [4.69, 9.17) is 23.2 Å². The summed E-state index contributed by atoms with van der Waals surface area (Å²) in [6, 6.07) is 4.96. The molecule has 3 rings (SSSR count). The van der Waals surface area contributed by atoms with E-state index in [9.17, 15) is 9.59 Å². The maximum absolute atomic E-state index is 12.4. The summed E-state index contributed by atoms with van der Waals surface area (Å²) in [7, 11) is 0. The van der Waals surface area contributed by atoms with Gasteiger partial charge in [0.2, 0.25) is 11.8 Å². The number of halogens is 2. The molecule has 1 heterocycles. The fraction of sp³-hybridized carbons (Fsp3) is 0.286. The van der Waals surface area contributed by atoms with Crippen molar-refractivity contribution in [3.05, 3.63) is 40.4 Å². The molecule has 1 aromatic rings. The van der Waals surface area contributed by atoms with Crippen LogP contribution in [0.4, 0.5) is 5.69 Å². The Morgan fingerprint density at radius 3 is 2.16 bits per heavy atom. The summed E-state index contributed by atoms with van der Waals surface area (Å²) in [4.78, 5) is 26.0. The lowest BCUT2D eigenvalue weighted by Crippen LogP contribution is -2.31. The molecule has 0 bridgehead atoms. The number of benzene rings is 1. The highest BCUT2D eigenvalue weighted by atomic mass is 35.5. The van der Waals surface area contributed by atoms with E-state index in [2.05, 4.69) is 0 Å². The number of rotatable bonds is 1. The van der Waals surface area contributed by atoms with Crippen LogP contribution in [0.15, 0.2) is 30.4 Å². The zero-order valence-corrected chi connectivity index (χ0v) is 11.5. The Morgan fingerprint density at radius 2 is 1.58 bits per heavy atom. The Balaban J connectivity index is 2.04. The first kappa shape index (κ1) is 12.7. The molecule has 2 amide bonds. The van der Waals surface area contributed by atoms with Gasteiger partial charge >= 0.3 is 0 Å². The predicted octanol–water partition coefficient (Wildman–Crippen LogP) is 3.45. The van der Waals surface area contributed by atoms with E-state index in [1.165, 1.54) is 4.90 Å². The third kappa shape index (κ3) is 1.88. The molecule has 1 aliphatic carbocycles. The molecule has 2 atom stereocenters. The van der Waals surface area contributed by atoms with Gasteiger partial charge in [-0.3, -0.25) is 9.59 Å². The molecule has 1 aromatic carbocycles. The molecular weight excluding hydrogens is 285 g/mol. The summed E-state index contributed by atoms with van der Waals surface area (Å²) in [5, 5.41) is 0.588. The van der Waals surface area contributed by atoms with Crippen LogP contribution in [-0.2, 0) is 9.59 Å². The normalized spacial score (nSPS) is 25.9. The number of anilines is 1. The summed E-state index contributed by atoms with van der Waals surface area (Å²) in [5.41, 5.74) is 0.388. The molecule has 0 N–H and O–H groups in total. The van der Waals surface area contributed by atoms with Crippen LogP contribution in [0.2, 0.25) is 10.0 Å². The van der Waals surface area contributed by atoms with Crippen molar-refractivity contribution < 1.29 is 9.59 Å². The number of hydrogen-bond donors (Lipinski definition) is 0. The largest absolute Gasteiger partial charge is 0.274 e. The van der Waals surface area contributed by atoms with Gasteiger partial charge < -0.3 is 0 Å². The van der Waals surface area contributed by atoms with Crippen molar-refractivity contribution in [2.24, 2.45) is 11.8 Å². The molecule has 1 fully saturated rings. The highest BCUT2D eigenvalue weighted by molar-refractivity contribution is 6.44. The lowest BCUT2D eigenvalue weighted by molar-refractivity contribution is -0.122. The molecule has 19 heavy (non-hydrogen) atoms. The van der Waals surface area contributed by atoms with Crippen LogP contribution in [0.5, 0.6) is 0 Å². The Bertz CT molecular complexity index is 571. The molecule has 98 valence electrons. The van der Waals surface area contributed by atoms with E-state index in [0.717, 1.165) is 0 Å². The number of carbonyl (C=O) groups excluding carboxylic acids is 2. The second kappa shape index (κ2) is 4.66. The van der Waals surface area contributed by atoms with Gasteiger partial charge in [0, 0.05) is 0 Å². The van der Waals surface area contributed by atoms with Gasteiger partial charge in [0.05, 0.1) is 27.6 Å². The van der Waals surface area contributed by atoms with Crippen molar-refractivity contribution in [2.45, 2.75) is 12.8 Å². The van der Waals surface area contributed by atoms with Crippen LogP contribution in [0, 0.1) is 11.8 Å². The standard InChI is InChI=1S/C14H11Cl2NO2/c15-10-6-3-7-11(12(10)16)17-13(18)8-4-1-2-5-9(8)14(17)19/h1-3,6-9H,4-5H2. The quantitative estimate of drug-likeness (QED) is 0.588. The van der Waals surface area contributed by atoms with E-state index in [-0.39, 0.29) is 28.7 Å². The van der Waals surface area contributed by atoms with Gasteiger partial charge in [-0.25, -0.2) is 4.90 Å².